The van der Waals surface area contributed by atoms with Gasteiger partial charge in [-0.3, -0.25) is 9.36 Å². The topological polar surface area (TPSA) is 75.5 Å². The first-order valence-corrected chi connectivity index (χ1v) is 12.1. The van der Waals surface area contributed by atoms with Crippen LogP contribution in [-0.4, -0.2) is 54.2 Å². The predicted molar refractivity (Wildman–Crippen MR) is 109 cm³/mol. The van der Waals surface area contributed by atoms with Crippen LogP contribution >= 0.6 is 11.3 Å². The maximum absolute atomic E-state index is 13.0. The first-order chi connectivity index (χ1) is 12.9. The minimum absolute atomic E-state index is 0.0236. The Bertz CT molecular complexity index is 1020. The number of anilines is 1. The third-order valence-corrected chi connectivity index (χ3v) is 8.81. The Morgan fingerprint density at radius 3 is 2.52 bits per heavy atom. The molecule has 0 bridgehead atoms. The fraction of sp³-hybridized carbons (Fsp3) is 0.667. The number of hydrogen-bond donors (Lipinski definition) is 0. The summed E-state index contributed by atoms with van der Waals surface area (Å²) in [5.41, 5.74) is 1.23. The number of rotatable bonds is 4. The van der Waals surface area contributed by atoms with Crippen molar-refractivity contribution < 1.29 is 8.42 Å². The van der Waals surface area contributed by atoms with Crippen LogP contribution in [0.4, 0.5) is 5.95 Å². The molecule has 9 heteroatoms. The molecule has 0 radical (unpaired) electrons. The molecule has 4 rings (SSSR count). The van der Waals surface area contributed by atoms with E-state index in [2.05, 4.69) is 0 Å². The van der Waals surface area contributed by atoms with Gasteiger partial charge in [-0.1, -0.05) is 6.92 Å². The first-order valence-electron chi connectivity index (χ1n) is 9.66. The fourth-order valence-electron chi connectivity index (χ4n) is 4.11. The van der Waals surface area contributed by atoms with E-state index >= 15 is 0 Å². The summed E-state index contributed by atoms with van der Waals surface area (Å²) in [5, 5.41) is 0.796. The molecule has 1 aliphatic heterocycles. The molecule has 1 aliphatic carbocycles. The van der Waals surface area contributed by atoms with Crippen molar-refractivity contribution in [2.75, 3.05) is 36.8 Å². The molecule has 0 spiro atoms. The Balaban J connectivity index is 1.64. The van der Waals surface area contributed by atoms with E-state index in [1.54, 1.807) is 27.3 Å². The summed E-state index contributed by atoms with van der Waals surface area (Å²) >= 11 is 1.65. The molecule has 27 heavy (non-hydrogen) atoms. The van der Waals surface area contributed by atoms with Gasteiger partial charge < -0.3 is 4.90 Å². The average molecular weight is 411 g/mol. The van der Waals surface area contributed by atoms with Gasteiger partial charge in [0.05, 0.1) is 11.1 Å². The van der Waals surface area contributed by atoms with Gasteiger partial charge in [-0.2, -0.15) is 4.31 Å². The quantitative estimate of drug-likeness (QED) is 0.767. The smallest absolute Gasteiger partial charge is 0.263 e. The molecule has 0 unspecified atom stereocenters. The summed E-state index contributed by atoms with van der Waals surface area (Å²) < 4.78 is 27.8. The van der Waals surface area contributed by atoms with Crippen LogP contribution in [0.15, 0.2) is 4.79 Å². The third kappa shape index (κ3) is 3.30. The molecular weight excluding hydrogens is 384 g/mol. The maximum Gasteiger partial charge on any atom is 0.263 e. The molecule has 0 saturated carbocycles. The van der Waals surface area contributed by atoms with E-state index in [1.807, 2.05) is 11.8 Å². The molecule has 2 aliphatic rings. The summed E-state index contributed by atoms with van der Waals surface area (Å²) in [6.45, 7) is 3.87. The highest BCUT2D eigenvalue weighted by Crippen LogP contribution is 2.34. The number of hydrogen-bond acceptors (Lipinski definition) is 6. The van der Waals surface area contributed by atoms with E-state index in [4.69, 9.17) is 4.98 Å². The molecule has 0 amide bonds. The van der Waals surface area contributed by atoms with Crippen molar-refractivity contribution >= 4 is 37.5 Å². The van der Waals surface area contributed by atoms with Crippen molar-refractivity contribution in [2.45, 2.75) is 39.0 Å². The number of fused-ring (bicyclic) bond motifs is 3. The van der Waals surface area contributed by atoms with Gasteiger partial charge in [-0.25, -0.2) is 13.4 Å². The van der Waals surface area contributed by atoms with Crippen LogP contribution in [-0.2, 0) is 29.9 Å². The number of nitrogens with zero attached hydrogens (tertiary/aromatic N) is 4. The van der Waals surface area contributed by atoms with Crippen LogP contribution < -0.4 is 10.5 Å². The van der Waals surface area contributed by atoms with Crippen molar-refractivity contribution in [1.29, 1.82) is 0 Å². The van der Waals surface area contributed by atoms with Crippen LogP contribution in [0.1, 0.15) is 36.6 Å². The minimum atomic E-state index is -3.17. The molecular formula is C18H26N4O3S2. The maximum atomic E-state index is 13.0. The largest absolute Gasteiger partial charge is 0.339 e. The average Bonchev–Trinajstić information content (AvgIpc) is 3.03. The zero-order valence-electron chi connectivity index (χ0n) is 15.9. The highest BCUT2D eigenvalue weighted by atomic mass is 32.2. The molecule has 3 heterocycles. The standard InChI is InChI=1S/C18H26N4O3S2/c1-3-12-27(24,25)22-10-8-21(9-11-22)18-19-16-15(17(23)20(18)2)13-6-4-5-7-14(13)26-16/h3-12H2,1-2H3. The number of thiophene rings is 1. The zero-order valence-corrected chi connectivity index (χ0v) is 17.5. The van der Waals surface area contributed by atoms with E-state index in [0.717, 1.165) is 29.5 Å². The summed E-state index contributed by atoms with van der Waals surface area (Å²) in [4.78, 5) is 22.0. The van der Waals surface area contributed by atoms with E-state index in [9.17, 15) is 13.2 Å². The van der Waals surface area contributed by atoms with Crippen LogP contribution in [0.2, 0.25) is 0 Å². The second-order valence-electron chi connectivity index (χ2n) is 7.37. The second-order valence-corrected chi connectivity index (χ2v) is 10.5. The Morgan fingerprint density at radius 1 is 1.11 bits per heavy atom. The van der Waals surface area contributed by atoms with E-state index < -0.39 is 10.0 Å². The van der Waals surface area contributed by atoms with Gasteiger partial charge in [0, 0.05) is 38.1 Å². The Hall–Kier alpha value is -1.45. The lowest BCUT2D eigenvalue weighted by atomic mass is 9.97. The predicted octanol–water partition coefficient (Wildman–Crippen LogP) is 1.74. The molecule has 2 aromatic heterocycles. The number of sulfonamides is 1. The Morgan fingerprint density at radius 2 is 1.81 bits per heavy atom. The van der Waals surface area contributed by atoms with E-state index in [0.29, 0.717) is 38.5 Å². The molecule has 0 atom stereocenters. The van der Waals surface area contributed by atoms with Crippen LogP contribution in [0.25, 0.3) is 10.2 Å². The molecule has 1 saturated heterocycles. The van der Waals surface area contributed by atoms with Crippen LogP contribution in [0.5, 0.6) is 0 Å². The number of piperazine rings is 1. The van der Waals surface area contributed by atoms with Gasteiger partial charge in [0.2, 0.25) is 16.0 Å². The lowest BCUT2D eigenvalue weighted by Crippen LogP contribution is -2.50. The lowest BCUT2D eigenvalue weighted by molar-refractivity contribution is 0.381. The molecule has 7 nitrogen and oxygen atoms in total. The van der Waals surface area contributed by atoms with Crippen LogP contribution in [0.3, 0.4) is 0 Å². The van der Waals surface area contributed by atoms with Gasteiger partial charge in [0.15, 0.2) is 0 Å². The molecule has 2 aromatic rings. The Labute approximate surface area is 163 Å². The molecule has 1 fully saturated rings. The zero-order chi connectivity index (χ0) is 19.2. The highest BCUT2D eigenvalue weighted by molar-refractivity contribution is 7.89. The van der Waals surface area contributed by atoms with Gasteiger partial charge >= 0.3 is 0 Å². The first kappa shape index (κ1) is 18.9. The normalized spacial score (nSPS) is 18.8. The van der Waals surface area contributed by atoms with Crippen molar-refractivity contribution in [2.24, 2.45) is 7.05 Å². The summed E-state index contributed by atoms with van der Waals surface area (Å²) in [6.07, 6.45) is 4.96. The highest BCUT2D eigenvalue weighted by Gasteiger charge is 2.29. The van der Waals surface area contributed by atoms with Gasteiger partial charge in [-0.05, 0) is 37.7 Å². The molecule has 0 N–H and O–H groups in total. The molecule has 0 aromatic carbocycles. The number of aryl methyl sites for hydroxylation is 2. The Kier molecular flexibility index (Phi) is 5.02. The SMILES string of the molecule is CCCS(=O)(=O)N1CCN(c2nc3sc4c(c3c(=O)n2C)CCCC4)CC1. The van der Waals surface area contributed by atoms with E-state index in [1.165, 1.54) is 16.9 Å². The minimum Gasteiger partial charge on any atom is -0.339 e. The monoisotopic (exact) mass is 410 g/mol. The lowest BCUT2D eigenvalue weighted by Gasteiger charge is -2.35. The third-order valence-electron chi connectivity index (χ3n) is 5.55. The van der Waals surface area contributed by atoms with E-state index in [-0.39, 0.29) is 11.3 Å². The van der Waals surface area contributed by atoms with Crippen LogP contribution in [0, 0.1) is 0 Å². The molecule has 148 valence electrons. The second kappa shape index (κ2) is 7.18. The summed E-state index contributed by atoms with van der Waals surface area (Å²) in [7, 11) is -1.40. The van der Waals surface area contributed by atoms with Crippen molar-refractivity contribution in [3.05, 3.63) is 20.8 Å². The number of aromatic nitrogens is 2. The van der Waals surface area contributed by atoms with Crippen molar-refractivity contribution in [3.63, 3.8) is 0 Å². The summed E-state index contributed by atoms with van der Waals surface area (Å²) in [5.74, 6) is 0.842. The van der Waals surface area contributed by atoms with Crippen molar-refractivity contribution in [3.8, 4) is 0 Å². The van der Waals surface area contributed by atoms with Gasteiger partial charge in [0.1, 0.15) is 4.83 Å². The van der Waals surface area contributed by atoms with Crippen molar-refractivity contribution in [1.82, 2.24) is 13.9 Å². The van der Waals surface area contributed by atoms with Gasteiger partial charge in [-0.15, -0.1) is 11.3 Å². The van der Waals surface area contributed by atoms with Gasteiger partial charge in [0.25, 0.3) is 5.56 Å². The summed E-state index contributed by atoms with van der Waals surface area (Å²) in [6, 6.07) is 0. The fourth-order valence-corrected chi connectivity index (χ4v) is 6.85.